The minimum atomic E-state index is -0.962. The third kappa shape index (κ3) is 3.15. The SMILES string of the molecule is Cc1cc2cc(C(=O)O)cnc2cc1NCCCCl. The van der Waals surface area contributed by atoms with E-state index in [4.69, 9.17) is 16.7 Å². The average Bonchev–Trinajstić information content (AvgIpc) is 2.39. The minimum absolute atomic E-state index is 0.203. The predicted octanol–water partition coefficient (Wildman–Crippen LogP) is 3.28. The Kier molecular flexibility index (Phi) is 4.22. The molecular formula is C14H15ClN2O2. The quantitative estimate of drug-likeness (QED) is 0.651. The number of nitrogens with one attached hydrogen (secondary N) is 1. The van der Waals surface area contributed by atoms with E-state index >= 15 is 0 Å². The molecule has 0 fully saturated rings. The second-order valence-corrected chi connectivity index (χ2v) is 4.74. The summed E-state index contributed by atoms with van der Waals surface area (Å²) in [6.45, 7) is 2.79. The summed E-state index contributed by atoms with van der Waals surface area (Å²) >= 11 is 5.64. The number of aryl methyl sites for hydroxylation is 1. The zero-order chi connectivity index (χ0) is 13.8. The lowest BCUT2D eigenvalue weighted by atomic mass is 10.1. The molecule has 2 aromatic rings. The molecule has 0 aliphatic carbocycles. The molecule has 0 bridgehead atoms. The van der Waals surface area contributed by atoms with Gasteiger partial charge in [0, 0.05) is 29.7 Å². The third-order valence-electron chi connectivity index (χ3n) is 2.90. The van der Waals surface area contributed by atoms with Gasteiger partial charge in [-0.25, -0.2) is 4.79 Å². The number of carbonyl (C=O) groups is 1. The molecule has 0 aliphatic rings. The molecule has 0 saturated carbocycles. The number of hydrogen-bond donors (Lipinski definition) is 2. The maximum Gasteiger partial charge on any atom is 0.337 e. The number of carboxylic acid groups (broad SMARTS) is 1. The fourth-order valence-corrected chi connectivity index (χ4v) is 2.02. The molecule has 4 nitrogen and oxygen atoms in total. The highest BCUT2D eigenvalue weighted by molar-refractivity contribution is 6.17. The average molecular weight is 279 g/mol. The van der Waals surface area contributed by atoms with Crippen LogP contribution in [0.4, 0.5) is 5.69 Å². The van der Waals surface area contributed by atoms with Gasteiger partial charge in [0.1, 0.15) is 0 Å². The zero-order valence-corrected chi connectivity index (χ0v) is 11.4. The van der Waals surface area contributed by atoms with Gasteiger partial charge < -0.3 is 10.4 Å². The van der Waals surface area contributed by atoms with Crippen LogP contribution < -0.4 is 5.32 Å². The summed E-state index contributed by atoms with van der Waals surface area (Å²) in [5.41, 5.74) is 3.05. The van der Waals surface area contributed by atoms with Crippen molar-refractivity contribution >= 4 is 34.2 Å². The Bertz CT molecular complexity index is 614. The Morgan fingerprint density at radius 2 is 2.21 bits per heavy atom. The smallest absolute Gasteiger partial charge is 0.337 e. The number of hydrogen-bond acceptors (Lipinski definition) is 3. The standard InChI is InChI=1S/C14H15ClN2O2/c1-9-5-10-6-11(14(18)19)8-17-13(10)7-12(9)16-4-2-3-15/h5-8,16H,2-4H2,1H3,(H,18,19). The number of nitrogens with zero attached hydrogens (tertiary/aromatic N) is 1. The number of fused-ring (bicyclic) bond motifs is 1. The van der Waals surface area contributed by atoms with E-state index in [9.17, 15) is 4.79 Å². The van der Waals surface area contributed by atoms with Gasteiger partial charge in [-0.3, -0.25) is 4.98 Å². The molecule has 0 atom stereocenters. The summed E-state index contributed by atoms with van der Waals surface area (Å²) in [7, 11) is 0. The topological polar surface area (TPSA) is 62.2 Å². The number of aromatic carboxylic acids is 1. The largest absolute Gasteiger partial charge is 0.478 e. The van der Waals surface area contributed by atoms with Crippen LogP contribution in [0.3, 0.4) is 0 Å². The van der Waals surface area contributed by atoms with Crippen molar-refractivity contribution in [1.82, 2.24) is 4.98 Å². The summed E-state index contributed by atoms with van der Waals surface area (Å²) < 4.78 is 0. The summed E-state index contributed by atoms with van der Waals surface area (Å²) in [6.07, 6.45) is 2.27. The van der Waals surface area contributed by atoms with Crippen molar-refractivity contribution in [3.63, 3.8) is 0 Å². The molecule has 100 valence electrons. The van der Waals surface area contributed by atoms with Gasteiger partial charge in [-0.05, 0) is 37.1 Å². The van der Waals surface area contributed by atoms with Crippen LogP contribution in [0.2, 0.25) is 0 Å². The van der Waals surface area contributed by atoms with Crippen molar-refractivity contribution in [3.8, 4) is 0 Å². The van der Waals surface area contributed by atoms with E-state index in [0.29, 0.717) is 5.88 Å². The van der Waals surface area contributed by atoms with Crippen LogP contribution in [0.25, 0.3) is 10.9 Å². The third-order valence-corrected chi connectivity index (χ3v) is 3.17. The number of rotatable bonds is 5. The molecule has 19 heavy (non-hydrogen) atoms. The first-order valence-corrected chi connectivity index (χ1v) is 6.59. The van der Waals surface area contributed by atoms with Gasteiger partial charge in [-0.15, -0.1) is 11.6 Å². The summed E-state index contributed by atoms with van der Waals surface area (Å²) in [5, 5.41) is 13.1. The van der Waals surface area contributed by atoms with Gasteiger partial charge in [0.25, 0.3) is 0 Å². The Hall–Kier alpha value is -1.81. The Balaban J connectivity index is 2.35. The van der Waals surface area contributed by atoms with Crippen LogP contribution in [0, 0.1) is 6.92 Å². The van der Waals surface area contributed by atoms with Crippen LogP contribution in [0.15, 0.2) is 24.4 Å². The Morgan fingerprint density at radius 1 is 1.42 bits per heavy atom. The maximum absolute atomic E-state index is 10.9. The highest BCUT2D eigenvalue weighted by Gasteiger charge is 2.07. The van der Waals surface area contributed by atoms with Crippen LogP contribution in [-0.2, 0) is 0 Å². The highest BCUT2D eigenvalue weighted by Crippen LogP contribution is 2.23. The fourth-order valence-electron chi connectivity index (χ4n) is 1.89. The van der Waals surface area contributed by atoms with E-state index in [1.54, 1.807) is 6.07 Å². The lowest BCUT2D eigenvalue weighted by Gasteiger charge is -2.10. The zero-order valence-electron chi connectivity index (χ0n) is 10.6. The lowest BCUT2D eigenvalue weighted by Crippen LogP contribution is -2.04. The molecule has 0 saturated heterocycles. The van der Waals surface area contributed by atoms with Gasteiger partial charge in [0.05, 0.1) is 11.1 Å². The van der Waals surface area contributed by atoms with E-state index in [2.05, 4.69) is 10.3 Å². The van der Waals surface area contributed by atoms with Crippen LogP contribution in [0.5, 0.6) is 0 Å². The van der Waals surface area contributed by atoms with Crippen molar-refractivity contribution in [2.75, 3.05) is 17.7 Å². The van der Waals surface area contributed by atoms with E-state index in [1.165, 1.54) is 6.20 Å². The van der Waals surface area contributed by atoms with Gasteiger partial charge >= 0.3 is 5.97 Å². The molecule has 0 amide bonds. The van der Waals surface area contributed by atoms with E-state index in [0.717, 1.165) is 35.1 Å². The van der Waals surface area contributed by atoms with Crippen molar-refractivity contribution in [2.24, 2.45) is 0 Å². The molecule has 1 aromatic carbocycles. The van der Waals surface area contributed by atoms with Crippen molar-refractivity contribution < 1.29 is 9.90 Å². The number of anilines is 1. The monoisotopic (exact) mass is 278 g/mol. The normalized spacial score (nSPS) is 10.6. The molecule has 2 N–H and O–H groups in total. The molecule has 0 radical (unpaired) electrons. The number of pyridine rings is 1. The van der Waals surface area contributed by atoms with Crippen molar-refractivity contribution in [2.45, 2.75) is 13.3 Å². The molecule has 1 aromatic heterocycles. The first kappa shape index (κ1) is 13.6. The number of aromatic nitrogens is 1. The first-order chi connectivity index (χ1) is 9.11. The van der Waals surface area contributed by atoms with Crippen LogP contribution in [-0.4, -0.2) is 28.5 Å². The lowest BCUT2D eigenvalue weighted by molar-refractivity contribution is 0.0696. The highest BCUT2D eigenvalue weighted by atomic mass is 35.5. The molecule has 1 heterocycles. The van der Waals surface area contributed by atoms with E-state index in [-0.39, 0.29) is 5.56 Å². The second-order valence-electron chi connectivity index (χ2n) is 4.36. The number of alkyl halides is 1. The van der Waals surface area contributed by atoms with E-state index < -0.39 is 5.97 Å². The second kappa shape index (κ2) is 5.89. The Morgan fingerprint density at radius 3 is 2.89 bits per heavy atom. The minimum Gasteiger partial charge on any atom is -0.478 e. The summed E-state index contributed by atoms with van der Waals surface area (Å²) in [5.74, 6) is -0.337. The molecule has 5 heteroatoms. The molecule has 0 unspecified atom stereocenters. The molecule has 0 aliphatic heterocycles. The van der Waals surface area contributed by atoms with E-state index in [1.807, 2.05) is 19.1 Å². The molecule has 0 spiro atoms. The van der Waals surface area contributed by atoms with Crippen molar-refractivity contribution in [3.05, 3.63) is 35.5 Å². The fraction of sp³-hybridized carbons (Fsp3) is 0.286. The van der Waals surface area contributed by atoms with Gasteiger partial charge in [0.2, 0.25) is 0 Å². The predicted molar refractivity (Wildman–Crippen MR) is 77.3 cm³/mol. The van der Waals surface area contributed by atoms with Crippen molar-refractivity contribution in [1.29, 1.82) is 0 Å². The number of halogens is 1. The number of carboxylic acids is 1. The van der Waals surface area contributed by atoms with Crippen LogP contribution >= 0.6 is 11.6 Å². The maximum atomic E-state index is 10.9. The molecular weight excluding hydrogens is 264 g/mol. The summed E-state index contributed by atoms with van der Waals surface area (Å²) in [4.78, 5) is 15.1. The Labute approximate surface area is 116 Å². The molecule has 2 rings (SSSR count). The summed E-state index contributed by atoms with van der Waals surface area (Å²) in [6, 6.07) is 5.52. The van der Waals surface area contributed by atoms with Gasteiger partial charge in [0.15, 0.2) is 0 Å². The van der Waals surface area contributed by atoms with Crippen LogP contribution in [0.1, 0.15) is 22.3 Å². The first-order valence-electron chi connectivity index (χ1n) is 6.05. The van der Waals surface area contributed by atoms with Gasteiger partial charge in [-0.1, -0.05) is 0 Å². The number of benzene rings is 1. The van der Waals surface area contributed by atoms with Gasteiger partial charge in [-0.2, -0.15) is 0 Å².